The first-order chi connectivity index (χ1) is 18.0. The molecule has 4 aromatic rings. The summed E-state index contributed by atoms with van der Waals surface area (Å²) in [4.78, 5) is 18.8. The second-order valence-electron chi connectivity index (χ2n) is 9.83. The predicted octanol–water partition coefficient (Wildman–Crippen LogP) is 3.77. The zero-order valence-corrected chi connectivity index (χ0v) is 20.9. The van der Waals surface area contributed by atoms with Crippen molar-refractivity contribution in [1.29, 1.82) is 0 Å². The molecule has 0 bridgehead atoms. The highest BCUT2D eigenvalue weighted by Gasteiger charge is 2.37. The van der Waals surface area contributed by atoms with Crippen molar-refractivity contribution in [3.05, 3.63) is 75.6 Å². The van der Waals surface area contributed by atoms with E-state index in [1.165, 1.54) is 6.07 Å². The summed E-state index contributed by atoms with van der Waals surface area (Å²) in [5, 5.41) is 13.6. The molecule has 4 heterocycles. The fourth-order valence-corrected chi connectivity index (χ4v) is 5.60. The van der Waals surface area contributed by atoms with Crippen LogP contribution >= 0.6 is 0 Å². The molecular weight excluding hydrogens is 475 g/mol. The largest absolute Gasteiger partial charge is 0.497 e. The minimum atomic E-state index is -0.602. The highest BCUT2D eigenvalue weighted by molar-refractivity contribution is 5.81. The number of hydrogen-bond donors (Lipinski definition) is 1. The smallest absolute Gasteiger partial charge is 0.254 e. The maximum atomic E-state index is 14.2. The molecule has 0 saturated carbocycles. The van der Waals surface area contributed by atoms with E-state index in [1.807, 2.05) is 24.3 Å². The van der Waals surface area contributed by atoms with E-state index in [1.54, 1.807) is 23.9 Å². The van der Waals surface area contributed by atoms with Crippen LogP contribution in [0.3, 0.4) is 0 Å². The van der Waals surface area contributed by atoms with Crippen LogP contribution in [0.1, 0.15) is 49.2 Å². The summed E-state index contributed by atoms with van der Waals surface area (Å²) < 4.78 is 27.2. The fraction of sp³-hybridized carbons (Fsp3) is 0.407. The van der Waals surface area contributed by atoms with Crippen LogP contribution in [0.15, 0.2) is 47.3 Å². The minimum Gasteiger partial charge on any atom is -0.497 e. The van der Waals surface area contributed by atoms with Crippen LogP contribution in [-0.2, 0) is 17.7 Å². The molecule has 0 amide bonds. The van der Waals surface area contributed by atoms with Crippen LogP contribution in [0.25, 0.3) is 10.9 Å². The normalized spacial score (nSPS) is 20.2. The summed E-state index contributed by atoms with van der Waals surface area (Å²) >= 11 is 0. The lowest BCUT2D eigenvalue weighted by Crippen LogP contribution is -2.44. The van der Waals surface area contributed by atoms with Gasteiger partial charge in [-0.15, -0.1) is 5.10 Å². The summed E-state index contributed by atoms with van der Waals surface area (Å²) in [6, 6.07) is 11.7. The number of hydrogen-bond acceptors (Lipinski definition) is 7. The Kier molecular flexibility index (Phi) is 6.11. The molecule has 2 aromatic heterocycles. The van der Waals surface area contributed by atoms with Crippen molar-refractivity contribution in [3.8, 4) is 5.75 Å². The number of aryl methyl sites for hydroxylation is 1. The summed E-state index contributed by atoms with van der Waals surface area (Å²) in [7, 11) is 1.61. The molecule has 10 heteroatoms. The monoisotopic (exact) mass is 504 g/mol. The highest BCUT2D eigenvalue weighted by Crippen LogP contribution is 2.40. The van der Waals surface area contributed by atoms with Crippen LogP contribution in [0.5, 0.6) is 5.75 Å². The lowest BCUT2D eigenvalue weighted by Gasteiger charge is -2.42. The van der Waals surface area contributed by atoms with Gasteiger partial charge in [-0.3, -0.25) is 4.79 Å². The predicted molar refractivity (Wildman–Crippen MR) is 136 cm³/mol. The third kappa shape index (κ3) is 4.35. The number of aromatic amines is 1. The molecular formula is C27H29FN6O3. The molecule has 9 nitrogen and oxygen atoms in total. The Balaban J connectivity index is 1.55. The quantitative estimate of drug-likeness (QED) is 0.427. The lowest BCUT2D eigenvalue weighted by molar-refractivity contribution is 0.0924. The molecule has 0 aliphatic carbocycles. The van der Waals surface area contributed by atoms with Crippen molar-refractivity contribution in [2.75, 3.05) is 18.6 Å². The van der Waals surface area contributed by atoms with Crippen molar-refractivity contribution in [3.63, 3.8) is 0 Å². The molecule has 37 heavy (non-hydrogen) atoms. The van der Waals surface area contributed by atoms with Gasteiger partial charge >= 0.3 is 0 Å². The van der Waals surface area contributed by atoms with E-state index in [9.17, 15) is 9.18 Å². The van der Waals surface area contributed by atoms with Crippen LogP contribution in [-0.4, -0.2) is 51.1 Å². The molecule has 192 valence electrons. The number of anilines is 1. The zero-order valence-electron chi connectivity index (χ0n) is 20.9. The lowest BCUT2D eigenvalue weighted by atomic mass is 9.92. The van der Waals surface area contributed by atoms with E-state index >= 15 is 0 Å². The number of pyridine rings is 1. The van der Waals surface area contributed by atoms with Gasteiger partial charge in [-0.25, -0.2) is 9.07 Å². The number of nitrogens with zero attached hydrogens (tertiary/aromatic N) is 5. The number of rotatable bonds is 6. The topological polar surface area (TPSA) is 98.2 Å². The van der Waals surface area contributed by atoms with Crippen LogP contribution in [0.4, 0.5) is 10.1 Å². The molecule has 6 rings (SSSR count). The summed E-state index contributed by atoms with van der Waals surface area (Å²) in [6.45, 7) is 3.34. The summed E-state index contributed by atoms with van der Waals surface area (Å²) in [6.07, 6.45) is 3.51. The number of ether oxygens (including phenoxy) is 2. The van der Waals surface area contributed by atoms with Gasteiger partial charge in [0.05, 0.1) is 19.8 Å². The van der Waals surface area contributed by atoms with Gasteiger partial charge in [-0.05, 0) is 91.1 Å². The number of tetrazole rings is 1. The van der Waals surface area contributed by atoms with Gasteiger partial charge in [-0.2, -0.15) is 0 Å². The van der Waals surface area contributed by atoms with Crippen molar-refractivity contribution < 1.29 is 13.9 Å². The van der Waals surface area contributed by atoms with E-state index in [-0.39, 0.29) is 23.5 Å². The average molecular weight is 505 g/mol. The van der Waals surface area contributed by atoms with E-state index in [0.717, 1.165) is 48.9 Å². The molecule has 1 saturated heterocycles. The number of fused-ring (bicyclic) bond motifs is 2. The van der Waals surface area contributed by atoms with Crippen molar-refractivity contribution in [2.24, 2.45) is 0 Å². The standard InChI is InChI=1S/C27H29FN6O3/c1-16-5-6-17-12-19(28)7-10-24(17)34(16)25(26-30-31-32-33(26)15-21-4-3-11-37-21)22-14-18-13-20(36-2)8-9-23(18)29-27(22)35/h7-10,12-14,16,21,25H,3-6,11,15H2,1-2H3,(H,29,35)/t16-,21+,25-/m1/s1. The number of H-pyrrole nitrogens is 1. The Morgan fingerprint density at radius 3 is 2.92 bits per heavy atom. The molecule has 2 aliphatic rings. The molecule has 1 N–H and O–H groups in total. The van der Waals surface area contributed by atoms with Crippen molar-refractivity contribution >= 4 is 16.6 Å². The average Bonchev–Trinajstić information content (AvgIpc) is 3.58. The molecule has 2 aromatic carbocycles. The maximum Gasteiger partial charge on any atom is 0.254 e. The summed E-state index contributed by atoms with van der Waals surface area (Å²) in [5.41, 5.74) is 2.77. The van der Waals surface area contributed by atoms with Gasteiger partial charge in [0.1, 0.15) is 17.6 Å². The van der Waals surface area contributed by atoms with Crippen molar-refractivity contribution in [2.45, 2.75) is 57.3 Å². The number of methoxy groups -OCH3 is 1. The first kappa shape index (κ1) is 23.6. The van der Waals surface area contributed by atoms with Crippen LogP contribution in [0.2, 0.25) is 0 Å². The molecule has 0 unspecified atom stereocenters. The molecule has 3 atom stereocenters. The second kappa shape index (κ2) is 9.59. The first-order valence-corrected chi connectivity index (χ1v) is 12.7. The second-order valence-corrected chi connectivity index (χ2v) is 9.83. The first-order valence-electron chi connectivity index (χ1n) is 12.7. The number of benzene rings is 2. The molecule has 0 spiro atoms. The maximum absolute atomic E-state index is 14.2. The van der Waals surface area contributed by atoms with Crippen LogP contribution in [0, 0.1) is 5.82 Å². The fourth-order valence-electron chi connectivity index (χ4n) is 5.60. The van der Waals surface area contributed by atoms with Gasteiger partial charge in [0.25, 0.3) is 5.56 Å². The van der Waals surface area contributed by atoms with Gasteiger partial charge in [0.15, 0.2) is 5.82 Å². The summed E-state index contributed by atoms with van der Waals surface area (Å²) in [5.74, 6) is 0.966. The third-order valence-electron chi connectivity index (χ3n) is 7.48. The Bertz CT molecular complexity index is 1500. The van der Waals surface area contributed by atoms with E-state index < -0.39 is 6.04 Å². The van der Waals surface area contributed by atoms with E-state index in [4.69, 9.17) is 9.47 Å². The SMILES string of the molecule is COc1ccc2[nH]c(=O)c([C@H](c3nnnn3C[C@@H]3CCCO3)N3c4ccc(F)cc4CC[C@H]3C)cc2c1. The Labute approximate surface area is 213 Å². The van der Waals surface area contributed by atoms with Gasteiger partial charge in [0, 0.05) is 34.8 Å². The van der Waals surface area contributed by atoms with E-state index in [0.29, 0.717) is 29.2 Å². The Morgan fingerprint density at radius 2 is 2.11 bits per heavy atom. The van der Waals surface area contributed by atoms with Gasteiger partial charge in [0.2, 0.25) is 0 Å². The highest BCUT2D eigenvalue weighted by atomic mass is 19.1. The Hall–Kier alpha value is -3.79. The van der Waals surface area contributed by atoms with E-state index in [2.05, 4.69) is 32.3 Å². The number of aromatic nitrogens is 5. The third-order valence-corrected chi connectivity index (χ3v) is 7.48. The number of halogens is 1. The van der Waals surface area contributed by atoms with Gasteiger partial charge < -0.3 is 19.4 Å². The number of nitrogens with one attached hydrogen (secondary N) is 1. The Morgan fingerprint density at radius 1 is 1.22 bits per heavy atom. The molecule has 0 radical (unpaired) electrons. The zero-order chi connectivity index (χ0) is 25.5. The molecule has 1 fully saturated rings. The minimum absolute atomic E-state index is 0.0159. The van der Waals surface area contributed by atoms with Crippen molar-refractivity contribution in [1.82, 2.24) is 25.2 Å². The van der Waals surface area contributed by atoms with Crippen LogP contribution < -0.4 is 15.2 Å². The van der Waals surface area contributed by atoms with Gasteiger partial charge in [-0.1, -0.05) is 0 Å². The molecule has 2 aliphatic heterocycles.